The van der Waals surface area contributed by atoms with E-state index in [9.17, 15) is 0 Å². The van der Waals surface area contributed by atoms with Gasteiger partial charge in [-0.25, -0.2) is 4.98 Å². The molecule has 1 heterocycles. The van der Waals surface area contributed by atoms with Crippen LogP contribution in [0.3, 0.4) is 0 Å². The number of aromatic nitrogens is 1. The second-order valence-corrected chi connectivity index (χ2v) is 2.74. The Labute approximate surface area is 92.5 Å². The second-order valence-electron chi connectivity index (χ2n) is 2.26. The van der Waals surface area contributed by atoms with Gasteiger partial charge in [-0.3, -0.25) is 0 Å². The average molecular weight is 369 g/mol. The number of aromatic hydroxyl groups is 1. The van der Waals surface area contributed by atoms with Crippen molar-refractivity contribution in [3.8, 4) is 5.88 Å². The molecule has 14 heavy (non-hydrogen) atoms. The number of nitrogens with zero attached hydrogens (tertiary/aromatic N) is 1. The molecular weight excluding hydrogens is 354 g/mol. The van der Waals surface area contributed by atoms with Gasteiger partial charge in [-0.2, -0.15) is 0 Å². The van der Waals surface area contributed by atoms with E-state index >= 15 is 0 Å². The normalized spacial score (nSPS) is 7.29. The zero-order chi connectivity index (χ0) is 11.2. The summed E-state index contributed by atoms with van der Waals surface area (Å²) in [6, 6.07) is 5.00. The van der Waals surface area contributed by atoms with E-state index in [1.54, 1.807) is 12.1 Å². The van der Waals surface area contributed by atoms with Crippen LogP contribution >= 0.6 is 0 Å². The van der Waals surface area contributed by atoms with Gasteiger partial charge in [0.2, 0.25) is 5.88 Å². The Hall–Kier alpha value is -0.762. The molecule has 1 aromatic rings. The Bertz CT molecular complexity index is 233. The molecule has 0 bridgehead atoms. The van der Waals surface area contributed by atoms with Crippen molar-refractivity contribution in [3.05, 3.63) is 24.4 Å². The first-order valence-corrected chi connectivity index (χ1v) is 6.64. The van der Waals surface area contributed by atoms with Gasteiger partial charge in [0.25, 0.3) is 0 Å². The Morgan fingerprint density at radius 3 is 1.93 bits per heavy atom. The molecule has 1 rings (SSSR count). The van der Waals surface area contributed by atoms with E-state index in [0.717, 1.165) is 0 Å². The maximum atomic E-state index is 8.54. The maximum absolute atomic E-state index is 8.54. The minimum atomic E-state index is -2.25. The Morgan fingerprint density at radius 1 is 1.29 bits per heavy atom. The number of rotatable bonds is 1. The molecule has 0 unspecified atom stereocenters. The van der Waals surface area contributed by atoms with Gasteiger partial charge >= 0.3 is 25.3 Å². The SMILES string of the molecule is CCCC.Oc1ccccn1.[O]=[W]=[O]. The monoisotopic (exact) mass is 369 g/mol. The predicted molar refractivity (Wildman–Crippen MR) is 47.9 cm³/mol. The van der Waals surface area contributed by atoms with Gasteiger partial charge in [-0.15, -0.1) is 0 Å². The van der Waals surface area contributed by atoms with Crippen molar-refractivity contribution >= 4 is 0 Å². The summed E-state index contributed by atoms with van der Waals surface area (Å²) < 4.78 is 17.1. The zero-order valence-electron chi connectivity index (χ0n) is 8.34. The molecular formula is C9H15NO3W. The number of pyridine rings is 1. The Morgan fingerprint density at radius 2 is 1.79 bits per heavy atom. The molecule has 4 nitrogen and oxygen atoms in total. The predicted octanol–water partition coefficient (Wildman–Crippen LogP) is 2.35. The first kappa shape index (κ1) is 15.7. The fraction of sp³-hybridized carbons (Fsp3) is 0.444. The van der Waals surface area contributed by atoms with E-state index in [2.05, 4.69) is 18.8 Å². The standard InChI is InChI=1S/C5H5NO.C4H10.2O.W/c7-5-3-1-2-4-6-5;1-3-4-2;;;/h1-4H,(H,6,7);3-4H2,1-2H3;;;. The van der Waals surface area contributed by atoms with Gasteiger partial charge < -0.3 is 5.11 Å². The summed E-state index contributed by atoms with van der Waals surface area (Å²) in [6.45, 7) is 4.36. The number of hydrogen-bond donors (Lipinski definition) is 1. The van der Waals surface area contributed by atoms with Crippen LogP contribution in [0.25, 0.3) is 0 Å². The number of hydrogen-bond acceptors (Lipinski definition) is 4. The van der Waals surface area contributed by atoms with E-state index in [-0.39, 0.29) is 5.88 Å². The summed E-state index contributed by atoms with van der Waals surface area (Å²) in [6.07, 6.45) is 4.18. The molecule has 0 radical (unpaired) electrons. The average Bonchev–Trinajstić information content (AvgIpc) is 2.21. The molecule has 0 atom stereocenters. The van der Waals surface area contributed by atoms with E-state index in [1.165, 1.54) is 25.1 Å². The van der Waals surface area contributed by atoms with Crippen LogP contribution in [0.15, 0.2) is 24.4 Å². The van der Waals surface area contributed by atoms with Crippen molar-refractivity contribution in [2.75, 3.05) is 0 Å². The summed E-state index contributed by atoms with van der Waals surface area (Å²) in [5.41, 5.74) is 0. The van der Waals surface area contributed by atoms with Gasteiger partial charge in [0.1, 0.15) is 0 Å². The van der Waals surface area contributed by atoms with Crippen LogP contribution < -0.4 is 0 Å². The van der Waals surface area contributed by atoms with E-state index < -0.39 is 18.5 Å². The van der Waals surface area contributed by atoms with Gasteiger partial charge in [-0.1, -0.05) is 32.8 Å². The van der Waals surface area contributed by atoms with Crippen LogP contribution in [0.2, 0.25) is 0 Å². The summed E-state index contributed by atoms with van der Waals surface area (Å²) in [5.74, 6) is 0.0718. The third-order valence-electron chi connectivity index (χ3n) is 1.15. The molecule has 0 aliphatic heterocycles. The van der Waals surface area contributed by atoms with Crippen molar-refractivity contribution in [2.24, 2.45) is 0 Å². The molecule has 80 valence electrons. The first-order valence-electron chi connectivity index (χ1n) is 4.24. The second kappa shape index (κ2) is 14.7. The zero-order valence-corrected chi connectivity index (χ0v) is 11.3. The van der Waals surface area contributed by atoms with Crippen LogP contribution in [0.5, 0.6) is 5.88 Å². The van der Waals surface area contributed by atoms with Crippen molar-refractivity contribution in [3.63, 3.8) is 0 Å². The number of unbranched alkanes of at least 4 members (excludes halogenated alkanes) is 1. The molecule has 0 fully saturated rings. The van der Waals surface area contributed by atoms with Crippen LogP contribution in [0.4, 0.5) is 0 Å². The molecule has 0 spiro atoms. The fourth-order valence-corrected chi connectivity index (χ4v) is 0.354. The Balaban J connectivity index is 0. The van der Waals surface area contributed by atoms with Crippen molar-refractivity contribution in [1.29, 1.82) is 0 Å². The van der Waals surface area contributed by atoms with Crippen molar-refractivity contribution in [1.82, 2.24) is 4.98 Å². The van der Waals surface area contributed by atoms with Crippen LogP contribution in [0, 0.1) is 0 Å². The molecule has 0 aromatic carbocycles. The van der Waals surface area contributed by atoms with E-state index in [1.807, 2.05) is 0 Å². The topological polar surface area (TPSA) is 67.3 Å². The summed E-state index contributed by atoms with van der Waals surface area (Å²) in [5, 5.41) is 8.52. The van der Waals surface area contributed by atoms with Crippen LogP contribution in [-0.4, -0.2) is 10.1 Å². The quantitative estimate of drug-likeness (QED) is 0.826. The van der Waals surface area contributed by atoms with Crippen molar-refractivity contribution in [2.45, 2.75) is 26.7 Å². The fourth-order valence-electron chi connectivity index (χ4n) is 0.354. The summed E-state index contributed by atoms with van der Waals surface area (Å²) >= 11 is -2.25. The summed E-state index contributed by atoms with van der Waals surface area (Å²) in [4.78, 5) is 3.53. The third kappa shape index (κ3) is 17.4. The molecule has 0 aliphatic carbocycles. The third-order valence-corrected chi connectivity index (χ3v) is 1.15. The summed E-state index contributed by atoms with van der Waals surface area (Å²) in [7, 11) is 0. The van der Waals surface area contributed by atoms with Crippen LogP contribution in [0.1, 0.15) is 26.7 Å². The molecule has 0 aliphatic rings. The van der Waals surface area contributed by atoms with E-state index in [0.29, 0.717) is 0 Å². The van der Waals surface area contributed by atoms with E-state index in [4.69, 9.17) is 11.9 Å². The molecule has 0 saturated heterocycles. The Kier molecular flexibility index (Phi) is 16.5. The van der Waals surface area contributed by atoms with Gasteiger partial charge in [0.05, 0.1) is 0 Å². The van der Waals surface area contributed by atoms with Gasteiger partial charge in [0.15, 0.2) is 0 Å². The molecule has 1 N–H and O–H groups in total. The first-order chi connectivity index (χ1) is 6.72. The molecule has 0 saturated carbocycles. The molecule has 0 amide bonds. The molecule has 1 aromatic heterocycles. The van der Waals surface area contributed by atoms with Gasteiger partial charge in [-0.05, 0) is 6.07 Å². The molecule has 5 heteroatoms. The van der Waals surface area contributed by atoms with Crippen LogP contribution in [-0.2, 0) is 25.3 Å². The minimum absolute atomic E-state index is 0.0718. The van der Waals surface area contributed by atoms with Crippen molar-refractivity contribution < 1.29 is 30.4 Å². The van der Waals surface area contributed by atoms with Gasteiger partial charge in [0, 0.05) is 12.3 Å².